The van der Waals surface area contributed by atoms with Crippen LogP contribution in [0, 0.1) is 5.41 Å². The first-order chi connectivity index (χ1) is 7.94. The van der Waals surface area contributed by atoms with Crippen molar-refractivity contribution in [1.82, 2.24) is 10.2 Å². The van der Waals surface area contributed by atoms with Crippen molar-refractivity contribution in [3.63, 3.8) is 0 Å². The molecule has 0 amide bonds. The van der Waals surface area contributed by atoms with Crippen molar-refractivity contribution in [3.8, 4) is 0 Å². The summed E-state index contributed by atoms with van der Waals surface area (Å²) in [5, 5.41) is 12.6. The van der Waals surface area contributed by atoms with Crippen LogP contribution in [0.5, 0.6) is 0 Å². The van der Waals surface area contributed by atoms with Crippen LogP contribution in [-0.2, 0) is 0 Å². The molecule has 17 heavy (non-hydrogen) atoms. The SMILES string of the molecule is CC1CC(NCC(C)(C)CCCO)CCN1C. The average Bonchev–Trinajstić information content (AvgIpc) is 2.28. The summed E-state index contributed by atoms with van der Waals surface area (Å²) >= 11 is 0. The third-order valence-electron chi connectivity index (χ3n) is 4.09. The van der Waals surface area contributed by atoms with Gasteiger partial charge in [0.15, 0.2) is 0 Å². The minimum absolute atomic E-state index is 0.301. The first kappa shape index (κ1) is 14.9. The molecule has 0 aromatic rings. The van der Waals surface area contributed by atoms with E-state index in [4.69, 9.17) is 5.11 Å². The van der Waals surface area contributed by atoms with Crippen LogP contribution in [0.2, 0.25) is 0 Å². The summed E-state index contributed by atoms with van der Waals surface area (Å²) in [6, 6.07) is 1.37. The lowest BCUT2D eigenvalue weighted by atomic mass is 9.87. The van der Waals surface area contributed by atoms with Crippen molar-refractivity contribution >= 4 is 0 Å². The molecule has 1 aliphatic rings. The smallest absolute Gasteiger partial charge is 0.0431 e. The van der Waals surface area contributed by atoms with E-state index in [0.717, 1.165) is 19.4 Å². The summed E-state index contributed by atoms with van der Waals surface area (Å²) in [6.45, 7) is 9.46. The number of piperidine rings is 1. The fraction of sp³-hybridized carbons (Fsp3) is 1.00. The van der Waals surface area contributed by atoms with Crippen LogP contribution in [0.15, 0.2) is 0 Å². The maximum atomic E-state index is 8.88. The molecule has 1 heterocycles. The Morgan fingerprint density at radius 3 is 2.71 bits per heavy atom. The van der Waals surface area contributed by atoms with E-state index in [2.05, 4.69) is 38.0 Å². The van der Waals surface area contributed by atoms with Gasteiger partial charge in [-0.2, -0.15) is 0 Å². The number of nitrogens with zero attached hydrogens (tertiary/aromatic N) is 1. The Bertz CT molecular complexity index is 218. The number of aliphatic hydroxyl groups is 1. The monoisotopic (exact) mass is 242 g/mol. The second kappa shape index (κ2) is 6.72. The second-order valence-corrected chi connectivity index (χ2v) is 6.42. The van der Waals surface area contributed by atoms with Crippen molar-refractivity contribution in [3.05, 3.63) is 0 Å². The van der Waals surface area contributed by atoms with Crippen molar-refractivity contribution in [2.24, 2.45) is 5.41 Å². The van der Waals surface area contributed by atoms with Gasteiger partial charge in [-0.15, -0.1) is 0 Å². The summed E-state index contributed by atoms with van der Waals surface area (Å²) in [6.07, 6.45) is 4.53. The van der Waals surface area contributed by atoms with Crippen LogP contribution in [0.25, 0.3) is 0 Å². The first-order valence-corrected chi connectivity index (χ1v) is 6.99. The Morgan fingerprint density at radius 2 is 2.12 bits per heavy atom. The Kier molecular flexibility index (Phi) is 5.90. The lowest BCUT2D eigenvalue weighted by Crippen LogP contribution is -2.47. The van der Waals surface area contributed by atoms with Gasteiger partial charge >= 0.3 is 0 Å². The van der Waals surface area contributed by atoms with Gasteiger partial charge in [-0.3, -0.25) is 0 Å². The molecule has 3 heteroatoms. The van der Waals surface area contributed by atoms with E-state index in [1.807, 2.05) is 0 Å². The van der Waals surface area contributed by atoms with Gasteiger partial charge in [0.2, 0.25) is 0 Å². The van der Waals surface area contributed by atoms with Gasteiger partial charge in [-0.25, -0.2) is 0 Å². The molecule has 1 aliphatic heterocycles. The highest BCUT2D eigenvalue weighted by Gasteiger charge is 2.24. The van der Waals surface area contributed by atoms with Crippen molar-refractivity contribution in [2.75, 3.05) is 26.7 Å². The number of hydrogen-bond donors (Lipinski definition) is 2. The van der Waals surface area contributed by atoms with Gasteiger partial charge in [0, 0.05) is 25.2 Å². The van der Waals surface area contributed by atoms with Gasteiger partial charge in [0.05, 0.1) is 0 Å². The third-order valence-corrected chi connectivity index (χ3v) is 4.09. The highest BCUT2D eigenvalue weighted by Crippen LogP contribution is 2.22. The summed E-state index contributed by atoms with van der Waals surface area (Å²) < 4.78 is 0. The Labute approximate surface area is 107 Å². The molecule has 0 aromatic carbocycles. The fourth-order valence-corrected chi connectivity index (χ4v) is 2.54. The number of likely N-dealkylation sites (tertiary alicyclic amines) is 1. The van der Waals surface area contributed by atoms with Crippen LogP contribution in [0.4, 0.5) is 0 Å². The Hall–Kier alpha value is -0.120. The molecular formula is C14H30N2O. The Balaban J connectivity index is 2.26. The molecule has 2 atom stereocenters. The van der Waals surface area contributed by atoms with E-state index in [9.17, 15) is 0 Å². The van der Waals surface area contributed by atoms with Gasteiger partial charge in [-0.1, -0.05) is 13.8 Å². The number of hydrogen-bond acceptors (Lipinski definition) is 3. The highest BCUT2D eigenvalue weighted by atomic mass is 16.2. The maximum absolute atomic E-state index is 8.88. The number of rotatable bonds is 6. The minimum atomic E-state index is 0.301. The molecule has 2 unspecified atom stereocenters. The van der Waals surface area contributed by atoms with E-state index in [1.165, 1.54) is 19.4 Å². The molecule has 0 aliphatic carbocycles. The lowest BCUT2D eigenvalue weighted by Gasteiger charge is -2.37. The summed E-state index contributed by atoms with van der Waals surface area (Å²) in [5.41, 5.74) is 0.301. The first-order valence-electron chi connectivity index (χ1n) is 6.99. The average molecular weight is 242 g/mol. The minimum Gasteiger partial charge on any atom is -0.396 e. The summed E-state index contributed by atoms with van der Waals surface area (Å²) in [4.78, 5) is 2.44. The molecule has 2 N–H and O–H groups in total. The number of nitrogens with one attached hydrogen (secondary N) is 1. The molecule has 0 saturated carbocycles. The molecule has 3 nitrogen and oxygen atoms in total. The molecule has 102 valence electrons. The maximum Gasteiger partial charge on any atom is 0.0431 e. The molecule has 0 aromatic heterocycles. The highest BCUT2D eigenvalue weighted by molar-refractivity contribution is 4.83. The Morgan fingerprint density at radius 1 is 1.41 bits per heavy atom. The van der Waals surface area contributed by atoms with Crippen LogP contribution in [0.3, 0.4) is 0 Å². The molecule has 0 bridgehead atoms. The standard InChI is InChI=1S/C14H30N2O/c1-12-10-13(6-8-16(12)4)15-11-14(2,3)7-5-9-17/h12-13,15,17H,5-11H2,1-4H3. The lowest BCUT2D eigenvalue weighted by molar-refractivity contribution is 0.157. The second-order valence-electron chi connectivity index (χ2n) is 6.42. The van der Waals surface area contributed by atoms with Crippen molar-refractivity contribution in [1.29, 1.82) is 0 Å². The zero-order valence-corrected chi connectivity index (χ0v) is 12.0. The van der Waals surface area contributed by atoms with E-state index in [1.54, 1.807) is 0 Å². The van der Waals surface area contributed by atoms with Crippen molar-refractivity contribution < 1.29 is 5.11 Å². The summed E-state index contributed by atoms with van der Waals surface area (Å²) in [7, 11) is 2.21. The van der Waals surface area contributed by atoms with Gasteiger partial charge < -0.3 is 15.3 Å². The van der Waals surface area contributed by atoms with Crippen LogP contribution >= 0.6 is 0 Å². The van der Waals surface area contributed by atoms with E-state index in [0.29, 0.717) is 24.1 Å². The largest absolute Gasteiger partial charge is 0.396 e. The number of aliphatic hydroxyl groups excluding tert-OH is 1. The molecular weight excluding hydrogens is 212 g/mol. The molecule has 0 radical (unpaired) electrons. The molecule has 1 fully saturated rings. The van der Waals surface area contributed by atoms with Gasteiger partial charge in [-0.05, 0) is 51.6 Å². The van der Waals surface area contributed by atoms with Crippen LogP contribution < -0.4 is 5.32 Å². The topological polar surface area (TPSA) is 35.5 Å². The van der Waals surface area contributed by atoms with Gasteiger partial charge in [0.1, 0.15) is 0 Å². The summed E-state index contributed by atoms with van der Waals surface area (Å²) in [5.74, 6) is 0. The zero-order chi connectivity index (χ0) is 12.9. The predicted octanol–water partition coefficient (Wildman–Crippen LogP) is 1.86. The quantitative estimate of drug-likeness (QED) is 0.746. The zero-order valence-electron chi connectivity index (χ0n) is 12.0. The molecule has 1 rings (SSSR count). The van der Waals surface area contributed by atoms with E-state index >= 15 is 0 Å². The van der Waals surface area contributed by atoms with Crippen LogP contribution in [0.1, 0.15) is 46.5 Å². The van der Waals surface area contributed by atoms with E-state index in [-0.39, 0.29) is 0 Å². The van der Waals surface area contributed by atoms with Gasteiger partial charge in [0.25, 0.3) is 0 Å². The van der Waals surface area contributed by atoms with Crippen LogP contribution in [-0.4, -0.2) is 48.8 Å². The molecule has 1 saturated heterocycles. The third kappa shape index (κ3) is 5.36. The van der Waals surface area contributed by atoms with Crippen molar-refractivity contribution in [2.45, 2.75) is 58.5 Å². The predicted molar refractivity (Wildman–Crippen MR) is 73.2 cm³/mol. The fourth-order valence-electron chi connectivity index (χ4n) is 2.54. The molecule has 0 spiro atoms. The van der Waals surface area contributed by atoms with E-state index < -0.39 is 0 Å². The normalized spacial score (nSPS) is 27.4.